The number of fused-ring (bicyclic) bond motifs is 3. The highest BCUT2D eigenvalue weighted by Crippen LogP contribution is 2.34. The van der Waals surface area contributed by atoms with Gasteiger partial charge in [0.25, 0.3) is 0 Å². The van der Waals surface area contributed by atoms with Crippen molar-refractivity contribution < 1.29 is 0 Å². The second kappa shape index (κ2) is 3.49. The van der Waals surface area contributed by atoms with Crippen molar-refractivity contribution in [1.82, 2.24) is 10.2 Å². The average Bonchev–Trinajstić information content (AvgIpc) is 3.02. The van der Waals surface area contributed by atoms with Crippen molar-refractivity contribution in [2.45, 2.75) is 44.7 Å². The first-order valence-electron chi connectivity index (χ1n) is 6.31. The van der Waals surface area contributed by atoms with Crippen LogP contribution in [0.2, 0.25) is 0 Å². The van der Waals surface area contributed by atoms with Crippen LogP contribution in [0.3, 0.4) is 0 Å². The lowest BCUT2D eigenvalue weighted by Crippen LogP contribution is -2.57. The Morgan fingerprint density at radius 1 is 1.14 bits per heavy atom. The number of nitrogens with one attached hydrogen (secondary N) is 1. The molecule has 2 unspecified atom stereocenters. The van der Waals surface area contributed by atoms with Gasteiger partial charge in [0.15, 0.2) is 0 Å². The Morgan fingerprint density at radius 2 is 1.86 bits per heavy atom. The third-order valence-electron chi connectivity index (χ3n) is 4.46. The highest BCUT2D eigenvalue weighted by Gasteiger charge is 2.37. The molecule has 2 nitrogen and oxygen atoms in total. The predicted octanol–water partition coefficient (Wildman–Crippen LogP) is 1.47. The zero-order valence-corrected chi connectivity index (χ0v) is 9.21. The Morgan fingerprint density at radius 3 is 2.36 bits per heavy atom. The minimum Gasteiger partial charge on any atom is -0.310 e. The number of nitrogens with zero attached hydrogens (tertiary/aromatic N) is 1. The van der Waals surface area contributed by atoms with Gasteiger partial charge in [0.1, 0.15) is 0 Å². The summed E-state index contributed by atoms with van der Waals surface area (Å²) in [5, 5.41) is 3.87. The minimum atomic E-state index is 0.778. The number of piperidine rings is 3. The molecule has 0 aromatic rings. The first-order chi connectivity index (χ1) is 6.83. The van der Waals surface area contributed by atoms with Gasteiger partial charge < -0.3 is 10.2 Å². The van der Waals surface area contributed by atoms with Crippen LogP contribution in [-0.2, 0) is 0 Å². The van der Waals surface area contributed by atoms with Crippen molar-refractivity contribution in [3.8, 4) is 0 Å². The molecule has 4 aliphatic rings. The highest BCUT2D eigenvalue weighted by molar-refractivity contribution is 4.94. The van der Waals surface area contributed by atoms with E-state index in [1.165, 1.54) is 45.3 Å². The molecule has 0 spiro atoms. The van der Waals surface area contributed by atoms with Gasteiger partial charge in [0.2, 0.25) is 0 Å². The Kier molecular flexibility index (Phi) is 2.29. The van der Waals surface area contributed by atoms with Gasteiger partial charge >= 0.3 is 0 Å². The van der Waals surface area contributed by atoms with Gasteiger partial charge in [-0.2, -0.15) is 0 Å². The molecule has 2 bridgehead atoms. The quantitative estimate of drug-likeness (QED) is 0.732. The Labute approximate surface area is 87.0 Å². The third-order valence-corrected chi connectivity index (χ3v) is 4.46. The van der Waals surface area contributed by atoms with Crippen LogP contribution < -0.4 is 5.32 Å². The Hall–Kier alpha value is -0.0800. The Balaban J connectivity index is 1.56. The van der Waals surface area contributed by atoms with E-state index in [1.807, 2.05) is 0 Å². The molecule has 1 N–H and O–H groups in total. The molecule has 1 saturated carbocycles. The van der Waals surface area contributed by atoms with Gasteiger partial charge in [-0.3, -0.25) is 0 Å². The van der Waals surface area contributed by atoms with E-state index in [2.05, 4.69) is 17.1 Å². The van der Waals surface area contributed by atoms with Crippen LogP contribution in [0.25, 0.3) is 0 Å². The van der Waals surface area contributed by atoms with Gasteiger partial charge in [-0.05, 0) is 57.5 Å². The van der Waals surface area contributed by atoms with E-state index < -0.39 is 0 Å². The Bertz CT molecular complexity index is 204. The molecule has 2 heteroatoms. The summed E-state index contributed by atoms with van der Waals surface area (Å²) in [6.07, 6.45) is 5.81. The zero-order valence-electron chi connectivity index (χ0n) is 9.21. The zero-order chi connectivity index (χ0) is 9.54. The molecule has 0 amide bonds. The molecular formula is C12H22N2. The summed E-state index contributed by atoms with van der Waals surface area (Å²) >= 11 is 0. The van der Waals surface area contributed by atoms with Crippen LogP contribution in [0.4, 0.5) is 0 Å². The van der Waals surface area contributed by atoms with Crippen LogP contribution in [0.5, 0.6) is 0 Å². The number of rotatable bonds is 3. The van der Waals surface area contributed by atoms with Crippen LogP contribution in [0, 0.1) is 11.8 Å². The topological polar surface area (TPSA) is 15.3 Å². The molecule has 80 valence electrons. The minimum absolute atomic E-state index is 0.778. The normalized spacial score (nSPS) is 43.9. The van der Waals surface area contributed by atoms with Crippen molar-refractivity contribution in [1.29, 1.82) is 0 Å². The molecular weight excluding hydrogens is 172 g/mol. The number of hydrogen-bond acceptors (Lipinski definition) is 2. The van der Waals surface area contributed by atoms with Crippen LogP contribution in [-0.4, -0.2) is 36.6 Å². The molecule has 4 fully saturated rings. The first-order valence-corrected chi connectivity index (χ1v) is 6.31. The second-order valence-corrected chi connectivity index (χ2v) is 5.54. The third kappa shape index (κ3) is 1.70. The van der Waals surface area contributed by atoms with E-state index in [-0.39, 0.29) is 0 Å². The van der Waals surface area contributed by atoms with Gasteiger partial charge in [-0.15, -0.1) is 0 Å². The van der Waals surface area contributed by atoms with Crippen LogP contribution in [0.1, 0.15) is 32.6 Å². The van der Waals surface area contributed by atoms with Crippen molar-refractivity contribution in [2.75, 3.05) is 19.6 Å². The summed E-state index contributed by atoms with van der Waals surface area (Å²) in [6.45, 7) is 6.43. The summed E-state index contributed by atoms with van der Waals surface area (Å²) in [6, 6.07) is 1.59. The number of hydrogen-bond donors (Lipinski definition) is 1. The fourth-order valence-electron chi connectivity index (χ4n) is 3.22. The maximum Gasteiger partial charge on any atom is 0.0226 e. The molecule has 3 heterocycles. The van der Waals surface area contributed by atoms with E-state index in [0.29, 0.717) is 0 Å². The van der Waals surface area contributed by atoms with E-state index in [1.54, 1.807) is 0 Å². The van der Waals surface area contributed by atoms with E-state index >= 15 is 0 Å². The first kappa shape index (κ1) is 9.17. The van der Waals surface area contributed by atoms with Gasteiger partial charge in [0, 0.05) is 18.6 Å². The van der Waals surface area contributed by atoms with Crippen molar-refractivity contribution in [3.63, 3.8) is 0 Å². The van der Waals surface area contributed by atoms with Gasteiger partial charge in [-0.1, -0.05) is 0 Å². The maximum atomic E-state index is 3.87. The van der Waals surface area contributed by atoms with E-state index in [0.717, 1.165) is 23.9 Å². The molecule has 0 aromatic heterocycles. The van der Waals surface area contributed by atoms with E-state index in [4.69, 9.17) is 0 Å². The van der Waals surface area contributed by atoms with Gasteiger partial charge in [0.05, 0.1) is 0 Å². The second-order valence-electron chi connectivity index (χ2n) is 5.54. The molecule has 3 aliphatic heterocycles. The van der Waals surface area contributed by atoms with Crippen molar-refractivity contribution in [2.24, 2.45) is 11.8 Å². The molecule has 1 aliphatic carbocycles. The fourth-order valence-corrected chi connectivity index (χ4v) is 3.22. The SMILES string of the molecule is CC(NC1CN2CCC1CC2)C1CC1. The summed E-state index contributed by atoms with van der Waals surface area (Å²) < 4.78 is 0. The standard InChI is InChI=1S/C12H22N2/c1-9(10-2-3-10)13-12-8-14-6-4-11(12)5-7-14/h9-13H,2-8H2,1H3. The van der Waals surface area contributed by atoms with Gasteiger partial charge in [-0.25, -0.2) is 0 Å². The summed E-state index contributed by atoms with van der Waals surface area (Å²) in [5.74, 6) is 1.99. The lowest BCUT2D eigenvalue weighted by Gasteiger charge is -2.46. The monoisotopic (exact) mass is 194 g/mol. The fraction of sp³-hybridized carbons (Fsp3) is 1.00. The van der Waals surface area contributed by atoms with Crippen molar-refractivity contribution >= 4 is 0 Å². The van der Waals surface area contributed by atoms with Crippen molar-refractivity contribution in [3.05, 3.63) is 0 Å². The lowest BCUT2D eigenvalue weighted by atomic mass is 9.83. The van der Waals surface area contributed by atoms with Crippen LogP contribution in [0.15, 0.2) is 0 Å². The van der Waals surface area contributed by atoms with Crippen LogP contribution >= 0.6 is 0 Å². The summed E-state index contributed by atoms with van der Waals surface area (Å²) in [4.78, 5) is 2.64. The predicted molar refractivity (Wildman–Crippen MR) is 58.3 cm³/mol. The molecule has 4 rings (SSSR count). The average molecular weight is 194 g/mol. The highest BCUT2D eigenvalue weighted by atomic mass is 15.2. The molecule has 2 atom stereocenters. The molecule has 0 radical (unpaired) electrons. The van der Waals surface area contributed by atoms with E-state index in [9.17, 15) is 0 Å². The molecule has 3 saturated heterocycles. The summed E-state index contributed by atoms with van der Waals surface area (Å²) in [5.41, 5.74) is 0. The molecule has 0 aromatic carbocycles. The summed E-state index contributed by atoms with van der Waals surface area (Å²) in [7, 11) is 0. The molecule has 14 heavy (non-hydrogen) atoms. The smallest absolute Gasteiger partial charge is 0.0226 e. The maximum absolute atomic E-state index is 3.87. The lowest BCUT2D eigenvalue weighted by molar-refractivity contribution is 0.0667. The largest absolute Gasteiger partial charge is 0.310 e.